The summed E-state index contributed by atoms with van der Waals surface area (Å²) in [5.74, 6) is 1.63. The lowest BCUT2D eigenvalue weighted by Gasteiger charge is -2.08. The zero-order valence-corrected chi connectivity index (χ0v) is 15.9. The van der Waals surface area contributed by atoms with Gasteiger partial charge in [-0.3, -0.25) is 0 Å². The Bertz CT molecular complexity index is 1330. The van der Waals surface area contributed by atoms with Gasteiger partial charge in [-0.1, -0.05) is 18.2 Å². The van der Waals surface area contributed by atoms with Gasteiger partial charge >= 0.3 is 5.97 Å². The standard InChI is InChI=1S/C22H15N3O5/c1-13-8-9-18(29-13)17-11-15(14-5-2-3-6-16(14)23-17)22(26)28-12-20-24-25-21(30-20)19-7-4-10-27-19/h2-11H,12H2,1H3. The minimum absolute atomic E-state index is 0.162. The number of furan rings is 2. The first kappa shape index (κ1) is 17.9. The summed E-state index contributed by atoms with van der Waals surface area (Å²) in [7, 11) is 0. The van der Waals surface area contributed by atoms with Crippen LogP contribution in [0.25, 0.3) is 34.0 Å². The van der Waals surface area contributed by atoms with E-state index in [2.05, 4.69) is 15.2 Å². The number of ether oxygens (including phenoxy) is 1. The molecule has 0 spiro atoms. The summed E-state index contributed by atoms with van der Waals surface area (Å²) >= 11 is 0. The van der Waals surface area contributed by atoms with Gasteiger partial charge in [0.2, 0.25) is 0 Å². The van der Waals surface area contributed by atoms with Crippen molar-refractivity contribution < 1.29 is 22.8 Å². The van der Waals surface area contributed by atoms with Crippen molar-refractivity contribution in [3.8, 4) is 23.1 Å². The predicted molar refractivity (Wildman–Crippen MR) is 105 cm³/mol. The highest BCUT2D eigenvalue weighted by molar-refractivity contribution is 6.04. The van der Waals surface area contributed by atoms with Crippen LogP contribution in [0.2, 0.25) is 0 Å². The molecule has 4 aromatic heterocycles. The van der Waals surface area contributed by atoms with Crippen LogP contribution in [0.5, 0.6) is 0 Å². The maximum Gasteiger partial charge on any atom is 0.339 e. The molecule has 148 valence electrons. The van der Waals surface area contributed by atoms with E-state index in [1.54, 1.807) is 18.2 Å². The molecular weight excluding hydrogens is 386 g/mol. The molecule has 4 heterocycles. The minimum Gasteiger partial charge on any atom is -0.460 e. The summed E-state index contributed by atoms with van der Waals surface area (Å²) < 4.78 is 21.8. The maximum atomic E-state index is 12.9. The topological polar surface area (TPSA) is 104 Å². The van der Waals surface area contributed by atoms with Crippen LogP contribution in [0.1, 0.15) is 22.0 Å². The zero-order chi connectivity index (χ0) is 20.5. The molecule has 0 aliphatic heterocycles. The van der Waals surface area contributed by atoms with Gasteiger partial charge in [-0.25, -0.2) is 9.78 Å². The summed E-state index contributed by atoms with van der Waals surface area (Å²) in [6.07, 6.45) is 1.51. The second-order valence-electron chi connectivity index (χ2n) is 6.54. The lowest BCUT2D eigenvalue weighted by atomic mass is 10.1. The number of benzene rings is 1. The molecule has 0 aliphatic carbocycles. The molecule has 8 nitrogen and oxygen atoms in total. The summed E-state index contributed by atoms with van der Waals surface area (Å²) in [6.45, 7) is 1.68. The van der Waals surface area contributed by atoms with Crippen LogP contribution in [0.3, 0.4) is 0 Å². The number of fused-ring (bicyclic) bond motifs is 1. The SMILES string of the molecule is Cc1ccc(-c2cc(C(=O)OCc3nnc(-c4ccco4)o3)c3ccccc3n2)o1. The van der Waals surface area contributed by atoms with Gasteiger partial charge in [0.05, 0.1) is 17.3 Å². The Morgan fingerprint density at radius 2 is 1.90 bits per heavy atom. The van der Waals surface area contributed by atoms with Gasteiger partial charge < -0.3 is 18.0 Å². The predicted octanol–water partition coefficient (Wildman–Crippen LogP) is 4.80. The van der Waals surface area contributed by atoms with Crippen molar-refractivity contribution in [3.05, 3.63) is 78.1 Å². The quantitative estimate of drug-likeness (QED) is 0.387. The monoisotopic (exact) mass is 401 g/mol. The number of rotatable bonds is 5. The van der Waals surface area contributed by atoms with Crippen molar-refractivity contribution in [2.24, 2.45) is 0 Å². The number of esters is 1. The lowest BCUT2D eigenvalue weighted by molar-refractivity contribution is 0.0441. The van der Waals surface area contributed by atoms with Crippen molar-refractivity contribution >= 4 is 16.9 Å². The molecule has 0 radical (unpaired) electrons. The summed E-state index contributed by atoms with van der Waals surface area (Å²) in [5, 5.41) is 8.46. The second kappa shape index (κ2) is 7.32. The first-order valence-corrected chi connectivity index (χ1v) is 9.17. The van der Waals surface area contributed by atoms with Crippen LogP contribution in [-0.2, 0) is 11.3 Å². The fourth-order valence-electron chi connectivity index (χ4n) is 3.06. The van der Waals surface area contributed by atoms with Gasteiger partial charge in [0.25, 0.3) is 11.8 Å². The molecule has 0 amide bonds. The van der Waals surface area contributed by atoms with Gasteiger partial charge in [-0.05, 0) is 43.3 Å². The van der Waals surface area contributed by atoms with Crippen LogP contribution >= 0.6 is 0 Å². The van der Waals surface area contributed by atoms with Crippen LogP contribution in [-0.4, -0.2) is 21.2 Å². The third-order valence-corrected chi connectivity index (χ3v) is 4.45. The Hall–Kier alpha value is -4.20. The summed E-state index contributed by atoms with van der Waals surface area (Å²) in [5.41, 5.74) is 1.58. The van der Waals surface area contributed by atoms with Crippen molar-refractivity contribution in [2.75, 3.05) is 0 Å². The van der Waals surface area contributed by atoms with Crippen LogP contribution in [0, 0.1) is 6.92 Å². The molecule has 0 fully saturated rings. The van der Waals surface area contributed by atoms with E-state index < -0.39 is 5.97 Å². The number of pyridine rings is 1. The fraction of sp³-hybridized carbons (Fsp3) is 0.0909. The number of hydrogen-bond acceptors (Lipinski definition) is 8. The largest absolute Gasteiger partial charge is 0.460 e. The van der Waals surface area contributed by atoms with Gasteiger partial charge in [-0.2, -0.15) is 0 Å². The van der Waals surface area contributed by atoms with E-state index in [4.69, 9.17) is 18.0 Å². The third kappa shape index (κ3) is 3.35. The summed E-state index contributed by atoms with van der Waals surface area (Å²) in [6, 6.07) is 16.1. The molecular formula is C22H15N3O5. The van der Waals surface area contributed by atoms with E-state index >= 15 is 0 Å². The van der Waals surface area contributed by atoms with Gasteiger partial charge in [0.15, 0.2) is 18.1 Å². The van der Waals surface area contributed by atoms with Crippen LogP contribution in [0.15, 0.2) is 74.1 Å². The van der Waals surface area contributed by atoms with Crippen molar-refractivity contribution in [2.45, 2.75) is 13.5 Å². The molecule has 0 N–H and O–H groups in total. The van der Waals surface area contributed by atoms with Crippen molar-refractivity contribution in [3.63, 3.8) is 0 Å². The Morgan fingerprint density at radius 1 is 1.00 bits per heavy atom. The van der Waals surface area contributed by atoms with E-state index in [9.17, 15) is 4.79 Å². The average molecular weight is 401 g/mol. The Morgan fingerprint density at radius 3 is 2.70 bits per heavy atom. The highest BCUT2D eigenvalue weighted by atomic mass is 16.5. The highest BCUT2D eigenvalue weighted by Crippen LogP contribution is 2.27. The normalized spacial score (nSPS) is 11.1. The number of hydrogen-bond donors (Lipinski definition) is 0. The minimum atomic E-state index is -0.532. The molecule has 8 heteroatoms. The zero-order valence-electron chi connectivity index (χ0n) is 15.9. The number of para-hydroxylation sites is 1. The average Bonchev–Trinajstić information content (AvgIpc) is 3.52. The first-order valence-electron chi connectivity index (χ1n) is 9.17. The molecule has 0 aliphatic rings. The molecule has 5 aromatic rings. The number of nitrogens with zero attached hydrogens (tertiary/aromatic N) is 3. The van der Waals surface area contributed by atoms with E-state index in [1.807, 2.05) is 43.3 Å². The number of carbonyl (C=O) groups excluding carboxylic acids is 1. The molecule has 0 unspecified atom stereocenters. The van der Waals surface area contributed by atoms with Crippen molar-refractivity contribution in [1.82, 2.24) is 15.2 Å². The Labute approximate surface area is 170 Å². The molecule has 30 heavy (non-hydrogen) atoms. The van der Waals surface area contributed by atoms with Gasteiger partial charge in [0, 0.05) is 5.39 Å². The molecule has 1 aromatic carbocycles. The van der Waals surface area contributed by atoms with Crippen molar-refractivity contribution in [1.29, 1.82) is 0 Å². The van der Waals surface area contributed by atoms with Crippen LogP contribution < -0.4 is 0 Å². The number of carbonyl (C=O) groups is 1. The number of aromatic nitrogens is 3. The summed E-state index contributed by atoms with van der Waals surface area (Å²) in [4.78, 5) is 17.5. The molecule has 5 rings (SSSR count). The molecule has 0 saturated carbocycles. The van der Waals surface area contributed by atoms with Gasteiger partial charge in [-0.15, -0.1) is 10.2 Å². The first-order chi connectivity index (χ1) is 14.7. The lowest BCUT2D eigenvalue weighted by Crippen LogP contribution is -2.07. The van der Waals surface area contributed by atoms with E-state index in [0.717, 1.165) is 5.76 Å². The second-order valence-corrected chi connectivity index (χ2v) is 6.54. The Balaban J connectivity index is 1.43. The van der Waals surface area contributed by atoms with E-state index in [1.165, 1.54) is 6.26 Å². The maximum absolute atomic E-state index is 12.9. The smallest absolute Gasteiger partial charge is 0.339 e. The van der Waals surface area contributed by atoms with E-state index in [0.29, 0.717) is 33.7 Å². The molecule has 0 saturated heterocycles. The molecule has 0 bridgehead atoms. The van der Waals surface area contributed by atoms with E-state index in [-0.39, 0.29) is 18.4 Å². The highest BCUT2D eigenvalue weighted by Gasteiger charge is 2.18. The Kier molecular flexibility index (Phi) is 4.36. The van der Waals surface area contributed by atoms with Crippen LogP contribution in [0.4, 0.5) is 0 Å². The van der Waals surface area contributed by atoms with Gasteiger partial charge in [0.1, 0.15) is 11.5 Å². The number of aryl methyl sites for hydroxylation is 1. The third-order valence-electron chi connectivity index (χ3n) is 4.45. The molecule has 0 atom stereocenters. The fourth-order valence-corrected chi connectivity index (χ4v) is 3.06.